The lowest BCUT2D eigenvalue weighted by Crippen LogP contribution is -2.30. The molecule has 1 saturated heterocycles. The molecule has 2 unspecified atom stereocenters. The van der Waals surface area contributed by atoms with E-state index in [9.17, 15) is 9.59 Å². The number of anilines is 1. The molecule has 0 bridgehead atoms. The first-order chi connectivity index (χ1) is 10.2. The van der Waals surface area contributed by atoms with Gasteiger partial charge in [-0.15, -0.1) is 0 Å². The molecule has 1 aromatic rings. The summed E-state index contributed by atoms with van der Waals surface area (Å²) in [5.41, 5.74) is 2.71. The smallest absolute Gasteiger partial charge is 0.253 e. The van der Waals surface area contributed by atoms with E-state index in [1.807, 2.05) is 23.1 Å². The fourth-order valence-corrected chi connectivity index (χ4v) is 4.10. The van der Waals surface area contributed by atoms with Gasteiger partial charge in [0.05, 0.1) is 0 Å². The summed E-state index contributed by atoms with van der Waals surface area (Å²) in [6, 6.07) is 5.68. The molecule has 0 radical (unpaired) electrons. The Kier molecular flexibility index (Phi) is 2.98. The van der Waals surface area contributed by atoms with Gasteiger partial charge < -0.3 is 10.2 Å². The topological polar surface area (TPSA) is 49.4 Å². The maximum absolute atomic E-state index is 12.7. The predicted molar refractivity (Wildman–Crippen MR) is 80.1 cm³/mol. The maximum atomic E-state index is 12.7. The van der Waals surface area contributed by atoms with Crippen molar-refractivity contribution in [3.8, 4) is 0 Å². The number of amides is 2. The Balaban J connectivity index is 1.54. The highest BCUT2D eigenvalue weighted by atomic mass is 16.2. The van der Waals surface area contributed by atoms with Gasteiger partial charge in [0.2, 0.25) is 5.91 Å². The van der Waals surface area contributed by atoms with Gasteiger partial charge in [-0.1, -0.05) is 6.42 Å². The van der Waals surface area contributed by atoms with Crippen LogP contribution in [0.4, 0.5) is 5.69 Å². The van der Waals surface area contributed by atoms with Gasteiger partial charge in [0.25, 0.3) is 5.91 Å². The highest BCUT2D eigenvalue weighted by molar-refractivity contribution is 5.98. The monoisotopic (exact) mass is 284 g/mol. The molecule has 110 valence electrons. The molecule has 2 atom stereocenters. The Morgan fingerprint density at radius 3 is 2.67 bits per heavy atom. The van der Waals surface area contributed by atoms with Crippen molar-refractivity contribution in [3.05, 3.63) is 29.3 Å². The normalized spacial score (nSPS) is 27.2. The van der Waals surface area contributed by atoms with E-state index in [1.54, 1.807) is 0 Å². The average Bonchev–Trinajstić information content (AvgIpc) is 3.07. The van der Waals surface area contributed by atoms with Crippen molar-refractivity contribution in [3.63, 3.8) is 0 Å². The Morgan fingerprint density at radius 2 is 1.90 bits per heavy atom. The van der Waals surface area contributed by atoms with E-state index in [1.165, 1.54) is 19.3 Å². The van der Waals surface area contributed by atoms with E-state index in [-0.39, 0.29) is 11.8 Å². The Hall–Kier alpha value is -1.84. The lowest BCUT2D eigenvalue weighted by molar-refractivity contribution is -0.116. The molecule has 0 aromatic heterocycles. The van der Waals surface area contributed by atoms with Gasteiger partial charge in [0, 0.05) is 30.8 Å². The van der Waals surface area contributed by atoms with Crippen molar-refractivity contribution >= 4 is 17.5 Å². The summed E-state index contributed by atoms with van der Waals surface area (Å²) in [7, 11) is 0. The summed E-state index contributed by atoms with van der Waals surface area (Å²) in [5.74, 6) is 1.68. The van der Waals surface area contributed by atoms with E-state index in [4.69, 9.17) is 0 Å². The Morgan fingerprint density at radius 1 is 1.14 bits per heavy atom. The minimum absolute atomic E-state index is 0.0638. The quantitative estimate of drug-likeness (QED) is 0.861. The summed E-state index contributed by atoms with van der Waals surface area (Å²) >= 11 is 0. The van der Waals surface area contributed by atoms with E-state index in [0.29, 0.717) is 6.42 Å². The molecule has 0 spiro atoms. The van der Waals surface area contributed by atoms with Crippen molar-refractivity contribution in [2.45, 2.75) is 32.1 Å². The molecule has 2 amide bonds. The molecule has 1 saturated carbocycles. The van der Waals surface area contributed by atoms with Crippen LogP contribution in [0.3, 0.4) is 0 Å². The fraction of sp³-hybridized carbons (Fsp3) is 0.529. The number of fused-ring (bicyclic) bond motifs is 2. The Bertz CT molecular complexity index is 599. The fourth-order valence-electron chi connectivity index (χ4n) is 4.10. The highest BCUT2D eigenvalue weighted by Gasteiger charge is 2.38. The predicted octanol–water partition coefficient (Wildman–Crippen LogP) is 2.44. The third-order valence-electron chi connectivity index (χ3n) is 5.26. The van der Waals surface area contributed by atoms with Crippen LogP contribution >= 0.6 is 0 Å². The summed E-state index contributed by atoms with van der Waals surface area (Å²) < 4.78 is 0. The second-order valence-electron chi connectivity index (χ2n) is 6.58. The molecule has 2 fully saturated rings. The van der Waals surface area contributed by atoms with Crippen LogP contribution in [0, 0.1) is 11.8 Å². The zero-order valence-corrected chi connectivity index (χ0v) is 12.1. The molecule has 4 heteroatoms. The van der Waals surface area contributed by atoms with E-state index in [2.05, 4.69) is 5.32 Å². The summed E-state index contributed by atoms with van der Waals surface area (Å²) in [6.45, 7) is 1.86. The van der Waals surface area contributed by atoms with Crippen molar-refractivity contribution < 1.29 is 9.59 Å². The van der Waals surface area contributed by atoms with Crippen LogP contribution in [0.15, 0.2) is 18.2 Å². The number of aryl methyl sites for hydroxylation is 1. The van der Waals surface area contributed by atoms with Crippen LogP contribution in [0.2, 0.25) is 0 Å². The second-order valence-corrected chi connectivity index (χ2v) is 6.58. The number of nitrogens with one attached hydrogen (secondary N) is 1. The lowest BCUT2D eigenvalue weighted by atomic mass is 10.00. The van der Waals surface area contributed by atoms with Crippen molar-refractivity contribution in [2.75, 3.05) is 18.4 Å². The number of carbonyl (C=O) groups excluding carboxylic acids is 2. The molecule has 21 heavy (non-hydrogen) atoms. The third-order valence-corrected chi connectivity index (χ3v) is 5.26. The second kappa shape index (κ2) is 4.86. The molecular weight excluding hydrogens is 264 g/mol. The number of likely N-dealkylation sites (tertiary alicyclic amines) is 1. The molecule has 4 nitrogen and oxygen atoms in total. The van der Waals surface area contributed by atoms with Crippen LogP contribution in [-0.2, 0) is 11.2 Å². The van der Waals surface area contributed by atoms with E-state index < -0.39 is 0 Å². The van der Waals surface area contributed by atoms with Crippen molar-refractivity contribution in [2.24, 2.45) is 11.8 Å². The van der Waals surface area contributed by atoms with Crippen LogP contribution in [0.25, 0.3) is 0 Å². The van der Waals surface area contributed by atoms with Gasteiger partial charge >= 0.3 is 0 Å². The van der Waals surface area contributed by atoms with Crippen LogP contribution in [0.1, 0.15) is 41.6 Å². The van der Waals surface area contributed by atoms with E-state index >= 15 is 0 Å². The first-order valence-electron chi connectivity index (χ1n) is 7.93. The summed E-state index contributed by atoms with van der Waals surface area (Å²) in [4.78, 5) is 26.1. The summed E-state index contributed by atoms with van der Waals surface area (Å²) in [6.07, 6.45) is 5.14. The number of benzene rings is 1. The molecule has 4 rings (SSSR count). The first kappa shape index (κ1) is 12.9. The van der Waals surface area contributed by atoms with Crippen molar-refractivity contribution in [1.82, 2.24) is 4.90 Å². The van der Waals surface area contributed by atoms with Gasteiger partial charge in [0.1, 0.15) is 0 Å². The zero-order chi connectivity index (χ0) is 14.4. The molecule has 1 aromatic carbocycles. The molecule has 1 aliphatic carbocycles. The molecule has 3 aliphatic rings. The SMILES string of the molecule is O=C1CCc2cc(C(=O)N3CC4CCCC4C3)ccc2N1. The summed E-state index contributed by atoms with van der Waals surface area (Å²) in [5, 5.41) is 2.86. The van der Waals surface area contributed by atoms with Gasteiger partial charge in [-0.25, -0.2) is 0 Å². The van der Waals surface area contributed by atoms with Gasteiger partial charge in [0.15, 0.2) is 0 Å². The molecule has 2 aliphatic heterocycles. The number of hydrogen-bond acceptors (Lipinski definition) is 2. The Labute approximate surface area is 124 Å². The third kappa shape index (κ3) is 2.23. The standard InChI is InChI=1S/C17H20N2O2/c20-16-7-5-11-8-12(4-6-15(11)18-16)17(21)19-9-13-2-1-3-14(13)10-19/h4,6,8,13-14H,1-3,5,7,9-10H2,(H,18,20). The number of rotatable bonds is 1. The van der Waals surface area contributed by atoms with Crippen LogP contribution in [-0.4, -0.2) is 29.8 Å². The van der Waals surface area contributed by atoms with Gasteiger partial charge in [-0.3, -0.25) is 9.59 Å². The highest BCUT2D eigenvalue weighted by Crippen LogP contribution is 2.38. The molecule has 1 N–H and O–H groups in total. The molecule has 2 heterocycles. The largest absolute Gasteiger partial charge is 0.338 e. The number of nitrogens with zero attached hydrogens (tertiary/aromatic N) is 1. The number of hydrogen-bond donors (Lipinski definition) is 1. The first-order valence-corrected chi connectivity index (χ1v) is 7.93. The zero-order valence-electron chi connectivity index (χ0n) is 12.1. The van der Waals surface area contributed by atoms with E-state index in [0.717, 1.165) is 48.2 Å². The molecular formula is C17H20N2O2. The van der Waals surface area contributed by atoms with Crippen molar-refractivity contribution in [1.29, 1.82) is 0 Å². The maximum Gasteiger partial charge on any atom is 0.253 e. The average molecular weight is 284 g/mol. The van der Waals surface area contributed by atoms with Gasteiger partial charge in [-0.2, -0.15) is 0 Å². The van der Waals surface area contributed by atoms with Gasteiger partial charge in [-0.05, 0) is 54.9 Å². The minimum atomic E-state index is 0.0638. The van der Waals surface area contributed by atoms with Crippen LogP contribution in [0.5, 0.6) is 0 Å². The lowest BCUT2D eigenvalue weighted by Gasteiger charge is -2.20. The van der Waals surface area contributed by atoms with Crippen LogP contribution < -0.4 is 5.32 Å². The minimum Gasteiger partial charge on any atom is -0.338 e. The number of carbonyl (C=O) groups is 2.